The first-order valence-corrected chi connectivity index (χ1v) is 11.1. The smallest absolute Gasteiger partial charge is 0.243 e. The summed E-state index contributed by atoms with van der Waals surface area (Å²) in [5.74, 6) is -0.345. The van der Waals surface area contributed by atoms with Gasteiger partial charge in [0.1, 0.15) is 0 Å². The molecule has 1 amide bonds. The standard InChI is InChI=1S/C18H28BrN3O3S/c1-14(10-12-21(2)3)20-18(23)15-5-4-11-22(13-15)26(24,25)17-8-6-16(19)7-9-17/h6-9,14-15H,4-5,10-13H2,1-3H3,(H,20,23). The van der Waals surface area contributed by atoms with Crippen LogP contribution < -0.4 is 5.32 Å². The lowest BCUT2D eigenvalue weighted by Gasteiger charge is -2.32. The molecule has 0 aromatic heterocycles. The molecule has 0 aliphatic carbocycles. The van der Waals surface area contributed by atoms with E-state index in [1.54, 1.807) is 24.3 Å². The van der Waals surface area contributed by atoms with Crippen molar-refractivity contribution in [3.8, 4) is 0 Å². The second kappa shape index (κ2) is 9.30. The van der Waals surface area contributed by atoms with E-state index in [4.69, 9.17) is 0 Å². The van der Waals surface area contributed by atoms with Crippen LogP contribution in [0.25, 0.3) is 0 Å². The lowest BCUT2D eigenvalue weighted by molar-refractivity contribution is -0.126. The molecule has 2 unspecified atom stereocenters. The molecule has 0 spiro atoms. The first kappa shape index (κ1) is 21.3. The largest absolute Gasteiger partial charge is 0.353 e. The van der Waals surface area contributed by atoms with Crippen LogP contribution in [0.4, 0.5) is 0 Å². The Balaban J connectivity index is 1.99. The van der Waals surface area contributed by atoms with Crippen molar-refractivity contribution in [3.05, 3.63) is 28.7 Å². The summed E-state index contributed by atoms with van der Waals surface area (Å²) in [6, 6.07) is 6.68. The Morgan fingerprint density at radius 3 is 2.62 bits per heavy atom. The molecule has 1 fully saturated rings. The molecule has 1 N–H and O–H groups in total. The molecule has 1 heterocycles. The van der Waals surface area contributed by atoms with Crippen molar-refractivity contribution in [2.45, 2.75) is 37.1 Å². The van der Waals surface area contributed by atoms with E-state index in [0.717, 1.165) is 23.9 Å². The van der Waals surface area contributed by atoms with Gasteiger partial charge in [-0.2, -0.15) is 4.31 Å². The van der Waals surface area contributed by atoms with Gasteiger partial charge in [0.2, 0.25) is 15.9 Å². The van der Waals surface area contributed by atoms with Crippen LogP contribution in [0.15, 0.2) is 33.6 Å². The minimum absolute atomic E-state index is 0.0491. The first-order chi connectivity index (χ1) is 12.2. The van der Waals surface area contributed by atoms with Gasteiger partial charge in [0.15, 0.2) is 0 Å². The molecule has 1 aromatic carbocycles. The third-order valence-electron chi connectivity index (χ3n) is 4.60. The van der Waals surface area contributed by atoms with Crippen LogP contribution in [0.1, 0.15) is 26.2 Å². The summed E-state index contributed by atoms with van der Waals surface area (Å²) in [7, 11) is 0.432. The molecule has 1 aromatic rings. The fourth-order valence-corrected chi connectivity index (χ4v) is 4.80. The number of hydrogen-bond donors (Lipinski definition) is 1. The average Bonchev–Trinajstić information content (AvgIpc) is 2.60. The number of sulfonamides is 1. The Morgan fingerprint density at radius 2 is 2.00 bits per heavy atom. The monoisotopic (exact) mass is 445 g/mol. The normalized spacial score (nSPS) is 20.1. The van der Waals surface area contributed by atoms with Gasteiger partial charge in [0, 0.05) is 23.6 Å². The van der Waals surface area contributed by atoms with E-state index >= 15 is 0 Å². The van der Waals surface area contributed by atoms with Gasteiger partial charge in [-0.25, -0.2) is 8.42 Å². The molecular formula is C18H28BrN3O3S. The van der Waals surface area contributed by atoms with E-state index in [-0.39, 0.29) is 29.3 Å². The summed E-state index contributed by atoms with van der Waals surface area (Å²) < 4.78 is 28.0. The van der Waals surface area contributed by atoms with Gasteiger partial charge in [-0.05, 0) is 71.1 Å². The zero-order valence-corrected chi connectivity index (χ0v) is 18.0. The highest BCUT2D eigenvalue weighted by Crippen LogP contribution is 2.25. The quantitative estimate of drug-likeness (QED) is 0.698. The molecule has 6 nitrogen and oxygen atoms in total. The van der Waals surface area contributed by atoms with E-state index in [2.05, 4.69) is 26.1 Å². The maximum atomic E-state index is 12.8. The number of carbonyl (C=O) groups excluding carboxylic acids is 1. The van der Waals surface area contributed by atoms with Crippen molar-refractivity contribution in [2.75, 3.05) is 33.7 Å². The maximum Gasteiger partial charge on any atom is 0.243 e. The SMILES string of the molecule is CC(CCN(C)C)NC(=O)C1CCCN(S(=O)(=O)c2ccc(Br)cc2)C1. The molecule has 2 atom stereocenters. The van der Waals surface area contributed by atoms with Crippen molar-refractivity contribution < 1.29 is 13.2 Å². The summed E-state index contributed by atoms with van der Waals surface area (Å²) in [5.41, 5.74) is 0. The van der Waals surface area contributed by atoms with Crippen LogP contribution in [0.2, 0.25) is 0 Å². The summed E-state index contributed by atoms with van der Waals surface area (Å²) in [6.45, 7) is 3.58. The molecule has 8 heteroatoms. The number of nitrogens with zero attached hydrogens (tertiary/aromatic N) is 2. The minimum atomic E-state index is -3.57. The Morgan fingerprint density at radius 1 is 1.35 bits per heavy atom. The van der Waals surface area contributed by atoms with E-state index in [0.29, 0.717) is 13.0 Å². The summed E-state index contributed by atoms with van der Waals surface area (Å²) in [4.78, 5) is 14.9. The van der Waals surface area contributed by atoms with Gasteiger partial charge in [-0.1, -0.05) is 15.9 Å². The van der Waals surface area contributed by atoms with Crippen molar-refractivity contribution in [2.24, 2.45) is 5.92 Å². The second-order valence-electron chi connectivity index (χ2n) is 7.16. The van der Waals surface area contributed by atoms with E-state index < -0.39 is 10.0 Å². The van der Waals surface area contributed by atoms with E-state index in [9.17, 15) is 13.2 Å². The van der Waals surface area contributed by atoms with Crippen molar-refractivity contribution in [1.29, 1.82) is 0 Å². The summed E-state index contributed by atoms with van der Waals surface area (Å²) in [5, 5.41) is 3.03. The Kier molecular flexibility index (Phi) is 7.63. The van der Waals surface area contributed by atoms with Gasteiger partial charge in [-0.3, -0.25) is 4.79 Å². The molecule has 0 saturated carbocycles. The van der Waals surface area contributed by atoms with Crippen LogP contribution in [-0.4, -0.2) is 63.3 Å². The first-order valence-electron chi connectivity index (χ1n) is 8.91. The molecule has 26 heavy (non-hydrogen) atoms. The lowest BCUT2D eigenvalue weighted by atomic mass is 9.98. The van der Waals surface area contributed by atoms with Crippen molar-refractivity contribution in [1.82, 2.24) is 14.5 Å². The fourth-order valence-electron chi connectivity index (χ4n) is 3.02. The third kappa shape index (κ3) is 5.77. The van der Waals surface area contributed by atoms with Gasteiger partial charge < -0.3 is 10.2 Å². The number of nitrogens with one attached hydrogen (secondary N) is 1. The number of halogens is 1. The number of amides is 1. The summed E-state index contributed by atoms with van der Waals surface area (Å²) in [6.07, 6.45) is 2.28. The minimum Gasteiger partial charge on any atom is -0.353 e. The van der Waals surface area contributed by atoms with Crippen LogP contribution in [0, 0.1) is 5.92 Å². The van der Waals surface area contributed by atoms with Crippen LogP contribution in [-0.2, 0) is 14.8 Å². The topological polar surface area (TPSA) is 69.7 Å². The Labute approximate surface area is 165 Å². The zero-order valence-electron chi connectivity index (χ0n) is 15.6. The van der Waals surface area contributed by atoms with Gasteiger partial charge >= 0.3 is 0 Å². The van der Waals surface area contributed by atoms with E-state index in [1.165, 1.54) is 4.31 Å². The molecule has 1 aliphatic rings. The molecule has 1 aliphatic heterocycles. The predicted molar refractivity (Wildman–Crippen MR) is 106 cm³/mol. The predicted octanol–water partition coefficient (Wildman–Crippen LogP) is 2.31. The van der Waals surface area contributed by atoms with Crippen molar-refractivity contribution >= 4 is 31.9 Å². The lowest BCUT2D eigenvalue weighted by Crippen LogP contribution is -2.47. The van der Waals surface area contributed by atoms with Gasteiger partial charge in [0.25, 0.3) is 0 Å². The third-order valence-corrected chi connectivity index (χ3v) is 7.01. The van der Waals surface area contributed by atoms with Crippen LogP contribution in [0.3, 0.4) is 0 Å². The van der Waals surface area contributed by atoms with Crippen LogP contribution >= 0.6 is 15.9 Å². The molecule has 2 rings (SSSR count). The van der Waals surface area contributed by atoms with Gasteiger partial charge in [-0.15, -0.1) is 0 Å². The Bertz CT molecular complexity index is 707. The van der Waals surface area contributed by atoms with E-state index in [1.807, 2.05) is 21.0 Å². The Hall–Kier alpha value is -0.960. The number of benzene rings is 1. The average molecular weight is 446 g/mol. The molecule has 1 saturated heterocycles. The number of carbonyl (C=O) groups is 1. The number of hydrogen-bond acceptors (Lipinski definition) is 4. The number of rotatable bonds is 7. The van der Waals surface area contributed by atoms with Gasteiger partial charge in [0.05, 0.1) is 10.8 Å². The highest BCUT2D eigenvalue weighted by Gasteiger charge is 2.33. The second-order valence-corrected chi connectivity index (χ2v) is 10.0. The highest BCUT2D eigenvalue weighted by atomic mass is 79.9. The van der Waals surface area contributed by atoms with Crippen LogP contribution in [0.5, 0.6) is 0 Å². The fraction of sp³-hybridized carbons (Fsp3) is 0.611. The maximum absolute atomic E-state index is 12.8. The van der Waals surface area contributed by atoms with Crippen molar-refractivity contribution in [3.63, 3.8) is 0 Å². The highest BCUT2D eigenvalue weighted by molar-refractivity contribution is 9.10. The molecule has 0 bridgehead atoms. The number of piperidine rings is 1. The molecular weight excluding hydrogens is 418 g/mol. The molecule has 146 valence electrons. The summed E-state index contributed by atoms with van der Waals surface area (Å²) >= 11 is 3.32. The zero-order chi connectivity index (χ0) is 19.3. The molecule has 0 radical (unpaired) electrons.